The van der Waals surface area contributed by atoms with Crippen molar-refractivity contribution in [3.05, 3.63) is 30.1 Å². The molecular weight excluding hydrogens is 218 g/mol. The van der Waals surface area contributed by atoms with Crippen molar-refractivity contribution >= 4 is 23.7 Å². The molecule has 2 aromatic rings. The van der Waals surface area contributed by atoms with E-state index in [9.17, 15) is 0 Å². The van der Waals surface area contributed by atoms with Crippen LogP contribution in [0.2, 0.25) is 0 Å². The molecule has 0 saturated carbocycles. The molecule has 2 rings (SSSR count). The molecule has 0 saturated heterocycles. The predicted molar refractivity (Wildman–Crippen MR) is 71.0 cm³/mol. The highest BCUT2D eigenvalue weighted by atomic mass is 32.1. The van der Waals surface area contributed by atoms with Crippen LogP contribution in [0.1, 0.15) is 18.0 Å². The van der Waals surface area contributed by atoms with Gasteiger partial charge in [0.15, 0.2) is 0 Å². The first kappa shape index (κ1) is 11.5. The molecule has 0 aliphatic rings. The third-order valence-electron chi connectivity index (χ3n) is 2.85. The molecule has 4 heteroatoms. The van der Waals surface area contributed by atoms with Crippen LogP contribution in [0.5, 0.6) is 0 Å². The minimum absolute atomic E-state index is 0.421. The summed E-state index contributed by atoms with van der Waals surface area (Å²) in [6.45, 7) is 0. The molecule has 0 aliphatic heterocycles. The average Bonchev–Trinajstić information content (AvgIpc) is 2.72. The number of benzene rings is 1. The predicted octanol–water partition coefficient (Wildman–Crippen LogP) is 2.49. The monoisotopic (exact) mass is 235 g/mol. The van der Waals surface area contributed by atoms with Gasteiger partial charge in [-0.05, 0) is 44.0 Å². The Morgan fingerprint density at radius 2 is 2.25 bits per heavy atom. The van der Waals surface area contributed by atoms with Crippen LogP contribution in [0.15, 0.2) is 24.5 Å². The molecule has 1 aromatic heterocycles. The maximum atomic E-state index is 4.32. The van der Waals surface area contributed by atoms with E-state index in [0.717, 1.165) is 23.2 Å². The number of nitrogens with one attached hydrogen (secondary N) is 1. The highest BCUT2D eigenvalue weighted by molar-refractivity contribution is 7.80. The van der Waals surface area contributed by atoms with Crippen molar-refractivity contribution in [1.82, 2.24) is 14.9 Å². The third-order valence-corrected chi connectivity index (χ3v) is 3.11. The Kier molecular flexibility index (Phi) is 3.51. The molecule has 1 aromatic carbocycles. The molecule has 16 heavy (non-hydrogen) atoms. The molecule has 1 atom stereocenters. The summed E-state index contributed by atoms with van der Waals surface area (Å²) in [6.07, 6.45) is 2.79. The fourth-order valence-electron chi connectivity index (χ4n) is 2.01. The molecule has 3 nitrogen and oxygen atoms in total. The summed E-state index contributed by atoms with van der Waals surface area (Å²) < 4.78 is 0. The summed E-state index contributed by atoms with van der Waals surface area (Å²) in [5, 5.41) is 0. The van der Waals surface area contributed by atoms with Gasteiger partial charge in [-0.1, -0.05) is 6.07 Å². The topological polar surface area (TPSA) is 31.9 Å². The first-order valence-corrected chi connectivity index (χ1v) is 6.06. The van der Waals surface area contributed by atoms with Gasteiger partial charge in [0.05, 0.1) is 17.4 Å². The summed E-state index contributed by atoms with van der Waals surface area (Å²) in [6, 6.07) is 6.81. The number of imidazole rings is 1. The molecule has 0 amide bonds. The molecule has 0 spiro atoms. The Bertz CT molecular complexity index is 464. The van der Waals surface area contributed by atoms with Crippen LogP contribution < -0.4 is 0 Å². The number of fused-ring (bicyclic) bond motifs is 1. The van der Waals surface area contributed by atoms with E-state index in [0.29, 0.717) is 6.04 Å². The minimum Gasteiger partial charge on any atom is -0.345 e. The van der Waals surface area contributed by atoms with Crippen molar-refractivity contribution in [2.75, 3.05) is 19.8 Å². The first-order chi connectivity index (χ1) is 7.72. The van der Waals surface area contributed by atoms with Gasteiger partial charge in [-0.25, -0.2) is 4.98 Å². The highest BCUT2D eigenvalue weighted by Gasteiger charge is 2.13. The molecule has 86 valence electrons. The van der Waals surface area contributed by atoms with Gasteiger partial charge in [0, 0.05) is 6.04 Å². The lowest BCUT2D eigenvalue weighted by Crippen LogP contribution is -2.20. The fourth-order valence-corrected chi connectivity index (χ4v) is 2.25. The van der Waals surface area contributed by atoms with Crippen LogP contribution in [0.4, 0.5) is 0 Å². The number of aromatic nitrogens is 2. The van der Waals surface area contributed by atoms with Crippen molar-refractivity contribution < 1.29 is 0 Å². The largest absolute Gasteiger partial charge is 0.345 e. The lowest BCUT2D eigenvalue weighted by Gasteiger charge is -2.24. The van der Waals surface area contributed by atoms with Gasteiger partial charge in [0.25, 0.3) is 0 Å². The zero-order valence-corrected chi connectivity index (χ0v) is 10.5. The van der Waals surface area contributed by atoms with Crippen molar-refractivity contribution in [3.63, 3.8) is 0 Å². The van der Waals surface area contributed by atoms with Crippen LogP contribution in [0.25, 0.3) is 11.0 Å². The molecule has 0 radical (unpaired) electrons. The molecule has 1 unspecified atom stereocenters. The molecule has 0 fully saturated rings. The van der Waals surface area contributed by atoms with E-state index in [1.807, 2.05) is 0 Å². The number of nitrogens with zero attached hydrogens (tertiary/aromatic N) is 2. The highest BCUT2D eigenvalue weighted by Crippen LogP contribution is 2.24. The third kappa shape index (κ3) is 2.23. The van der Waals surface area contributed by atoms with Gasteiger partial charge in [0.2, 0.25) is 0 Å². The standard InChI is InChI=1S/C12H17N3S/c1-15(2)12(5-6-16)9-3-4-10-11(7-9)14-8-13-10/h3-4,7-8,12,16H,5-6H2,1-2H3,(H,13,14). The van der Waals surface area contributed by atoms with Gasteiger partial charge >= 0.3 is 0 Å². The lowest BCUT2D eigenvalue weighted by molar-refractivity contribution is 0.294. The minimum atomic E-state index is 0.421. The normalized spacial score (nSPS) is 13.5. The Hall–Kier alpha value is -1.00. The van der Waals surface area contributed by atoms with E-state index >= 15 is 0 Å². The maximum Gasteiger partial charge on any atom is 0.0931 e. The zero-order chi connectivity index (χ0) is 11.5. The number of thiol groups is 1. The van der Waals surface area contributed by atoms with Crippen LogP contribution in [-0.4, -0.2) is 34.7 Å². The molecule has 1 N–H and O–H groups in total. The summed E-state index contributed by atoms with van der Waals surface area (Å²) in [7, 11) is 4.20. The van der Waals surface area contributed by atoms with E-state index in [4.69, 9.17) is 0 Å². The van der Waals surface area contributed by atoms with Crippen LogP contribution in [0, 0.1) is 0 Å². The quantitative estimate of drug-likeness (QED) is 0.798. The summed E-state index contributed by atoms with van der Waals surface area (Å²) in [5.74, 6) is 0.893. The Labute approximate surface area is 101 Å². The van der Waals surface area contributed by atoms with Crippen LogP contribution >= 0.6 is 12.6 Å². The van der Waals surface area contributed by atoms with Gasteiger partial charge in [-0.3, -0.25) is 0 Å². The van der Waals surface area contributed by atoms with Crippen molar-refractivity contribution in [1.29, 1.82) is 0 Å². The van der Waals surface area contributed by atoms with E-state index in [2.05, 4.69) is 59.8 Å². The summed E-state index contributed by atoms with van der Waals surface area (Å²) in [4.78, 5) is 9.60. The Morgan fingerprint density at radius 1 is 1.44 bits per heavy atom. The number of rotatable bonds is 4. The summed E-state index contributed by atoms with van der Waals surface area (Å²) in [5.41, 5.74) is 3.44. The fraction of sp³-hybridized carbons (Fsp3) is 0.417. The second kappa shape index (κ2) is 4.89. The number of hydrogen-bond acceptors (Lipinski definition) is 3. The first-order valence-electron chi connectivity index (χ1n) is 5.42. The van der Waals surface area contributed by atoms with Crippen LogP contribution in [-0.2, 0) is 0 Å². The van der Waals surface area contributed by atoms with E-state index < -0.39 is 0 Å². The molecular formula is C12H17N3S. The van der Waals surface area contributed by atoms with E-state index in [1.165, 1.54) is 5.56 Å². The molecule has 0 aliphatic carbocycles. The van der Waals surface area contributed by atoms with Crippen molar-refractivity contribution in [2.45, 2.75) is 12.5 Å². The maximum absolute atomic E-state index is 4.32. The summed E-state index contributed by atoms with van der Waals surface area (Å²) >= 11 is 4.32. The van der Waals surface area contributed by atoms with Crippen LogP contribution in [0.3, 0.4) is 0 Å². The van der Waals surface area contributed by atoms with E-state index in [-0.39, 0.29) is 0 Å². The van der Waals surface area contributed by atoms with Crippen molar-refractivity contribution in [2.24, 2.45) is 0 Å². The number of hydrogen-bond donors (Lipinski definition) is 2. The van der Waals surface area contributed by atoms with E-state index in [1.54, 1.807) is 6.33 Å². The molecule has 0 bridgehead atoms. The Morgan fingerprint density at radius 3 is 2.94 bits per heavy atom. The van der Waals surface area contributed by atoms with Crippen molar-refractivity contribution in [3.8, 4) is 0 Å². The second-order valence-corrected chi connectivity index (χ2v) is 4.62. The zero-order valence-electron chi connectivity index (χ0n) is 9.64. The van der Waals surface area contributed by atoms with Gasteiger partial charge < -0.3 is 9.88 Å². The lowest BCUT2D eigenvalue weighted by atomic mass is 10.0. The van der Waals surface area contributed by atoms with Gasteiger partial charge in [-0.15, -0.1) is 0 Å². The average molecular weight is 235 g/mol. The molecule has 1 heterocycles. The smallest absolute Gasteiger partial charge is 0.0931 e. The van der Waals surface area contributed by atoms with Gasteiger partial charge in [0.1, 0.15) is 0 Å². The SMILES string of the molecule is CN(C)C(CCS)c1ccc2nc[nH]c2c1. The van der Waals surface area contributed by atoms with Gasteiger partial charge in [-0.2, -0.15) is 12.6 Å². The number of H-pyrrole nitrogens is 1. The Balaban J connectivity index is 2.35. The second-order valence-electron chi connectivity index (χ2n) is 4.17. The number of aromatic amines is 1.